The Hall–Kier alpha value is -0.820. The molecule has 1 N–H and O–H groups in total. The third-order valence-electron chi connectivity index (χ3n) is 5.20. The van der Waals surface area contributed by atoms with Crippen molar-refractivity contribution in [3.63, 3.8) is 0 Å². The summed E-state index contributed by atoms with van der Waals surface area (Å²) in [4.78, 5) is 6.89. The van der Waals surface area contributed by atoms with Crippen LogP contribution in [0.15, 0.2) is 29.3 Å². The van der Waals surface area contributed by atoms with Gasteiger partial charge in [0.2, 0.25) is 0 Å². The zero-order chi connectivity index (χ0) is 16.1. The van der Waals surface area contributed by atoms with Gasteiger partial charge in [-0.15, -0.1) is 24.0 Å². The molecule has 0 bridgehead atoms. The van der Waals surface area contributed by atoms with Gasteiger partial charge in [-0.2, -0.15) is 0 Å². The predicted octanol–water partition coefficient (Wildman–Crippen LogP) is 3.44. The molecule has 1 aromatic carbocycles. The molecule has 0 spiro atoms. The second-order valence-electron chi connectivity index (χ2n) is 6.79. The summed E-state index contributed by atoms with van der Waals surface area (Å²) in [6, 6.07) is 8.75. The zero-order valence-electron chi connectivity index (χ0n) is 14.9. The summed E-state index contributed by atoms with van der Waals surface area (Å²) >= 11 is 0. The summed E-state index contributed by atoms with van der Waals surface area (Å²) in [5.41, 5.74) is 3.35. The van der Waals surface area contributed by atoms with Crippen LogP contribution in [0.25, 0.3) is 0 Å². The van der Waals surface area contributed by atoms with Crippen molar-refractivity contribution in [1.82, 2.24) is 10.2 Å². The number of hydrogen-bond acceptors (Lipinski definition) is 2. The third-order valence-corrected chi connectivity index (χ3v) is 5.20. The number of guanidine groups is 1. The largest absolute Gasteiger partial charge is 0.382 e. The fourth-order valence-electron chi connectivity index (χ4n) is 3.40. The minimum absolute atomic E-state index is 0. The van der Waals surface area contributed by atoms with Crippen LogP contribution in [0.3, 0.4) is 0 Å². The highest BCUT2D eigenvalue weighted by Crippen LogP contribution is 2.48. The maximum absolute atomic E-state index is 5.53. The highest BCUT2D eigenvalue weighted by atomic mass is 127. The highest BCUT2D eigenvalue weighted by molar-refractivity contribution is 14.0. The van der Waals surface area contributed by atoms with E-state index in [2.05, 4.69) is 46.4 Å². The highest BCUT2D eigenvalue weighted by Gasteiger charge is 2.42. The minimum Gasteiger partial charge on any atom is -0.382 e. The van der Waals surface area contributed by atoms with Crippen LogP contribution in [0, 0.1) is 5.41 Å². The molecule has 1 aromatic rings. The second-order valence-corrected chi connectivity index (χ2v) is 6.79. The van der Waals surface area contributed by atoms with Gasteiger partial charge >= 0.3 is 0 Å². The van der Waals surface area contributed by atoms with E-state index in [1.807, 2.05) is 7.05 Å². The number of nitrogens with one attached hydrogen (secondary N) is 1. The Labute approximate surface area is 163 Å². The molecule has 3 rings (SSSR count). The van der Waals surface area contributed by atoms with Crippen LogP contribution in [-0.4, -0.2) is 44.2 Å². The summed E-state index contributed by atoms with van der Waals surface area (Å²) in [5, 5.41) is 3.62. The average molecular weight is 443 g/mol. The molecule has 5 heteroatoms. The number of ether oxygens (including phenoxy) is 1. The Morgan fingerprint density at radius 1 is 1.29 bits per heavy atom. The molecule has 0 radical (unpaired) electrons. The number of rotatable bonds is 6. The number of benzene rings is 1. The van der Waals surface area contributed by atoms with E-state index >= 15 is 0 Å². The second kappa shape index (κ2) is 9.04. The average Bonchev–Trinajstić information content (AvgIpc) is 3.36. The smallest absolute Gasteiger partial charge is 0.193 e. The summed E-state index contributed by atoms with van der Waals surface area (Å²) < 4.78 is 5.53. The monoisotopic (exact) mass is 443 g/mol. The van der Waals surface area contributed by atoms with Crippen LogP contribution in [0.4, 0.5) is 0 Å². The van der Waals surface area contributed by atoms with E-state index in [0.717, 1.165) is 51.6 Å². The van der Waals surface area contributed by atoms with E-state index in [1.54, 1.807) is 0 Å². The molecule has 1 fully saturated rings. The summed E-state index contributed by atoms with van der Waals surface area (Å²) in [6.45, 7) is 6.79. The Morgan fingerprint density at radius 3 is 2.71 bits per heavy atom. The van der Waals surface area contributed by atoms with Crippen LogP contribution in [0.5, 0.6) is 0 Å². The Kier molecular flexibility index (Phi) is 7.34. The lowest BCUT2D eigenvalue weighted by atomic mass is 10.00. The maximum atomic E-state index is 5.53. The number of hydrogen-bond donors (Lipinski definition) is 1. The fourth-order valence-corrected chi connectivity index (χ4v) is 3.40. The topological polar surface area (TPSA) is 36.9 Å². The van der Waals surface area contributed by atoms with Crippen molar-refractivity contribution in [3.8, 4) is 0 Å². The van der Waals surface area contributed by atoms with E-state index in [9.17, 15) is 0 Å². The van der Waals surface area contributed by atoms with Crippen LogP contribution in [0.1, 0.15) is 37.3 Å². The van der Waals surface area contributed by atoms with Crippen LogP contribution >= 0.6 is 24.0 Å². The first-order valence-electron chi connectivity index (χ1n) is 8.86. The lowest BCUT2D eigenvalue weighted by Crippen LogP contribution is -2.45. The molecule has 24 heavy (non-hydrogen) atoms. The van der Waals surface area contributed by atoms with Crippen molar-refractivity contribution in [1.29, 1.82) is 0 Å². The van der Waals surface area contributed by atoms with Gasteiger partial charge in [-0.1, -0.05) is 24.3 Å². The Morgan fingerprint density at radius 2 is 2.04 bits per heavy atom. The molecule has 0 atom stereocenters. The molecule has 4 nitrogen and oxygen atoms in total. The van der Waals surface area contributed by atoms with Crippen molar-refractivity contribution >= 4 is 29.9 Å². The van der Waals surface area contributed by atoms with Crippen molar-refractivity contribution < 1.29 is 4.74 Å². The van der Waals surface area contributed by atoms with Crippen LogP contribution < -0.4 is 5.32 Å². The van der Waals surface area contributed by atoms with Gasteiger partial charge in [-0.3, -0.25) is 4.99 Å². The fraction of sp³-hybridized carbons (Fsp3) is 0.632. The number of fused-ring (bicyclic) bond motifs is 1. The van der Waals surface area contributed by atoms with Crippen molar-refractivity contribution in [3.05, 3.63) is 35.4 Å². The molecule has 1 aliphatic heterocycles. The maximum Gasteiger partial charge on any atom is 0.193 e. The van der Waals surface area contributed by atoms with Gasteiger partial charge in [0.05, 0.1) is 0 Å². The molecule has 2 aliphatic rings. The van der Waals surface area contributed by atoms with E-state index in [4.69, 9.17) is 4.74 Å². The first-order valence-corrected chi connectivity index (χ1v) is 8.86. The van der Waals surface area contributed by atoms with Gasteiger partial charge in [0.1, 0.15) is 0 Å². The van der Waals surface area contributed by atoms with Crippen LogP contribution in [0.2, 0.25) is 0 Å². The van der Waals surface area contributed by atoms with Crippen molar-refractivity contribution in [2.45, 2.75) is 39.2 Å². The molecule has 0 unspecified atom stereocenters. The Balaban J connectivity index is 0.00000208. The first kappa shape index (κ1) is 19.5. The molecule has 1 heterocycles. The van der Waals surface area contributed by atoms with Gasteiger partial charge in [-0.25, -0.2) is 0 Å². The normalized spacial score (nSPS) is 18.6. The molecule has 0 saturated heterocycles. The summed E-state index contributed by atoms with van der Waals surface area (Å²) in [6.07, 6.45) is 4.89. The zero-order valence-corrected chi connectivity index (χ0v) is 17.2. The van der Waals surface area contributed by atoms with Gasteiger partial charge in [0.25, 0.3) is 0 Å². The molecule has 0 amide bonds. The molecular weight excluding hydrogens is 413 g/mol. The Bertz CT molecular complexity index is 557. The van der Waals surface area contributed by atoms with E-state index in [-0.39, 0.29) is 24.0 Å². The quantitative estimate of drug-likeness (QED) is 0.317. The first-order chi connectivity index (χ1) is 11.3. The van der Waals surface area contributed by atoms with Gasteiger partial charge in [0, 0.05) is 39.9 Å². The van der Waals surface area contributed by atoms with E-state index < -0.39 is 0 Å². The van der Waals surface area contributed by atoms with Crippen molar-refractivity contribution in [2.75, 3.05) is 33.4 Å². The third kappa shape index (κ3) is 4.85. The lowest BCUT2D eigenvalue weighted by Gasteiger charge is -2.32. The lowest BCUT2D eigenvalue weighted by molar-refractivity contribution is 0.128. The molecule has 1 aliphatic carbocycles. The van der Waals surface area contributed by atoms with E-state index in [0.29, 0.717) is 5.41 Å². The van der Waals surface area contributed by atoms with E-state index in [1.165, 1.54) is 24.0 Å². The standard InChI is InChI=1S/C19H29N3O.HI/c1-3-23-13-11-19(9-10-19)15-21-18(20-2)22-12-8-16-6-4-5-7-17(16)14-22;/h4-7H,3,8-15H2,1-2H3,(H,20,21);1H. The number of halogens is 1. The molecule has 0 aromatic heterocycles. The molecular formula is C19H30IN3O. The van der Waals surface area contributed by atoms with Gasteiger partial charge < -0.3 is 15.0 Å². The van der Waals surface area contributed by atoms with Crippen LogP contribution in [-0.2, 0) is 17.7 Å². The van der Waals surface area contributed by atoms with Gasteiger partial charge in [0.15, 0.2) is 5.96 Å². The summed E-state index contributed by atoms with van der Waals surface area (Å²) in [5.74, 6) is 1.04. The number of nitrogens with zero attached hydrogens (tertiary/aromatic N) is 2. The molecule has 1 saturated carbocycles. The molecule has 134 valence electrons. The summed E-state index contributed by atoms with van der Waals surface area (Å²) in [7, 11) is 1.89. The number of aliphatic imine (C=N–C) groups is 1. The SMILES string of the molecule is CCOCCC1(CNC(=NC)N2CCc3ccccc3C2)CC1.I. The van der Waals surface area contributed by atoms with Crippen molar-refractivity contribution in [2.24, 2.45) is 10.4 Å². The van der Waals surface area contributed by atoms with Gasteiger partial charge in [-0.05, 0) is 49.1 Å². The predicted molar refractivity (Wildman–Crippen MR) is 110 cm³/mol. The minimum atomic E-state index is 0.